The minimum atomic E-state index is -0.634. The van der Waals surface area contributed by atoms with Crippen molar-refractivity contribution in [3.63, 3.8) is 0 Å². The molecule has 0 bridgehead atoms. The van der Waals surface area contributed by atoms with Gasteiger partial charge < -0.3 is 20.5 Å². The van der Waals surface area contributed by atoms with E-state index in [1.165, 1.54) is 0 Å². The normalized spacial score (nSPS) is 21.8. The standard InChI is InChI=1S/C16H22N2O3.ClH/c1-11-2-3-12(9-18-15(19)16(17)5-6-16)14(8-11)21-13-4-7-20-10-13;/h2-3,8,13H,4-7,9-10,17H2,1H3,(H,18,19);1H. The molecule has 6 heteroatoms. The molecule has 5 nitrogen and oxygen atoms in total. The summed E-state index contributed by atoms with van der Waals surface area (Å²) in [4.78, 5) is 11.9. The van der Waals surface area contributed by atoms with Gasteiger partial charge in [0.15, 0.2) is 0 Å². The van der Waals surface area contributed by atoms with E-state index in [2.05, 4.69) is 5.32 Å². The first-order valence-electron chi connectivity index (χ1n) is 7.48. The maximum atomic E-state index is 11.9. The highest BCUT2D eigenvalue weighted by atomic mass is 35.5. The number of nitrogens with one attached hydrogen (secondary N) is 1. The number of aryl methyl sites for hydroxylation is 1. The third kappa shape index (κ3) is 3.91. The zero-order valence-electron chi connectivity index (χ0n) is 12.8. The molecular weight excluding hydrogens is 304 g/mol. The van der Waals surface area contributed by atoms with Crippen LogP contribution in [0.5, 0.6) is 5.75 Å². The van der Waals surface area contributed by atoms with Crippen LogP contribution < -0.4 is 15.8 Å². The van der Waals surface area contributed by atoms with Crippen molar-refractivity contribution in [2.24, 2.45) is 5.73 Å². The molecule has 0 radical (unpaired) electrons. The van der Waals surface area contributed by atoms with E-state index in [0.29, 0.717) is 13.2 Å². The average Bonchev–Trinajstić information content (AvgIpc) is 3.00. The fourth-order valence-electron chi connectivity index (χ4n) is 2.42. The van der Waals surface area contributed by atoms with Crippen molar-refractivity contribution in [2.45, 2.75) is 44.4 Å². The van der Waals surface area contributed by atoms with Crippen LogP contribution in [0.2, 0.25) is 0 Å². The smallest absolute Gasteiger partial charge is 0.240 e. The van der Waals surface area contributed by atoms with Gasteiger partial charge in [-0.1, -0.05) is 12.1 Å². The molecule has 1 saturated carbocycles. The number of benzene rings is 1. The number of hydrogen-bond donors (Lipinski definition) is 2. The number of carbonyl (C=O) groups excluding carboxylic acids is 1. The molecule has 1 heterocycles. The van der Waals surface area contributed by atoms with Gasteiger partial charge in [0.2, 0.25) is 5.91 Å². The summed E-state index contributed by atoms with van der Waals surface area (Å²) >= 11 is 0. The quantitative estimate of drug-likeness (QED) is 0.863. The largest absolute Gasteiger partial charge is 0.488 e. The minimum Gasteiger partial charge on any atom is -0.488 e. The molecule has 1 amide bonds. The Labute approximate surface area is 137 Å². The number of halogens is 1. The van der Waals surface area contributed by atoms with Crippen molar-refractivity contribution < 1.29 is 14.3 Å². The first-order chi connectivity index (χ1) is 10.1. The maximum absolute atomic E-state index is 11.9. The minimum absolute atomic E-state index is 0. The van der Waals surface area contributed by atoms with Gasteiger partial charge >= 0.3 is 0 Å². The van der Waals surface area contributed by atoms with Gasteiger partial charge in [0, 0.05) is 18.5 Å². The number of hydrogen-bond acceptors (Lipinski definition) is 4. The van der Waals surface area contributed by atoms with Gasteiger partial charge in [-0.15, -0.1) is 12.4 Å². The second-order valence-electron chi connectivity index (χ2n) is 6.05. The fourth-order valence-corrected chi connectivity index (χ4v) is 2.42. The molecule has 3 rings (SSSR count). The van der Waals surface area contributed by atoms with Crippen LogP contribution in [0, 0.1) is 6.92 Å². The van der Waals surface area contributed by atoms with Crippen molar-refractivity contribution >= 4 is 18.3 Å². The molecule has 0 spiro atoms. The molecule has 0 aromatic heterocycles. The van der Waals surface area contributed by atoms with E-state index < -0.39 is 5.54 Å². The highest BCUT2D eigenvalue weighted by Gasteiger charge is 2.45. The Kier molecular flexibility index (Phi) is 5.32. The van der Waals surface area contributed by atoms with E-state index in [1.54, 1.807) is 0 Å². The van der Waals surface area contributed by atoms with Crippen molar-refractivity contribution in [1.82, 2.24) is 5.32 Å². The van der Waals surface area contributed by atoms with E-state index in [1.807, 2.05) is 25.1 Å². The van der Waals surface area contributed by atoms with E-state index in [9.17, 15) is 4.79 Å². The molecule has 2 aliphatic rings. The van der Waals surface area contributed by atoms with Crippen LogP contribution in [0.15, 0.2) is 18.2 Å². The molecule has 1 saturated heterocycles. The average molecular weight is 327 g/mol. The van der Waals surface area contributed by atoms with E-state index >= 15 is 0 Å². The second kappa shape index (κ2) is 6.86. The first kappa shape index (κ1) is 17.1. The molecule has 122 valence electrons. The molecule has 22 heavy (non-hydrogen) atoms. The second-order valence-corrected chi connectivity index (χ2v) is 6.05. The van der Waals surface area contributed by atoms with Crippen molar-refractivity contribution in [3.8, 4) is 5.75 Å². The zero-order chi connectivity index (χ0) is 14.9. The van der Waals surface area contributed by atoms with Crippen molar-refractivity contribution in [2.75, 3.05) is 13.2 Å². The summed E-state index contributed by atoms with van der Waals surface area (Å²) in [5.74, 6) is 0.755. The summed E-state index contributed by atoms with van der Waals surface area (Å²) in [6, 6.07) is 6.03. The number of nitrogens with two attached hydrogens (primary N) is 1. The fraction of sp³-hybridized carbons (Fsp3) is 0.562. The zero-order valence-corrected chi connectivity index (χ0v) is 13.6. The summed E-state index contributed by atoms with van der Waals surface area (Å²) in [5.41, 5.74) is 7.37. The van der Waals surface area contributed by atoms with Crippen LogP contribution in [0.1, 0.15) is 30.4 Å². The summed E-state index contributed by atoms with van der Waals surface area (Å²) in [5, 5.41) is 2.91. The Bertz CT molecular complexity index is 540. The molecule has 3 N–H and O–H groups in total. The van der Waals surface area contributed by atoms with Crippen LogP contribution in [0.25, 0.3) is 0 Å². The number of carbonyl (C=O) groups is 1. The van der Waals surface area contributed by atoms with E-state index in [-0.39, 0.29) is 24.4 Å². The number of ether oxygens (including phenoxy) is 2. The van der Waals surface area contributed by atoms with Crippen LogP contribution in [-0.4, -0.2) is 30.8 Å². The maximum Gasteiger partial charge on any atom is 0.240 e. The van der Waals surface area contributed by atoms with Crippen LogP contribution in [-0.2, 0) is 16.1 Å². The molecule has 2 fully saturated rings. The third-order valence-electron chi connectivity index (χ3n) is 4.08. The third-order valence-corrected chi connectivity index (χ3v) is 4.08. The van der Waals surface area contributed by atoms with Crippen molar-refractivity contribution in [3.05, 3.63) is 29.3 Å². The molecule has 1 unspecified atom stereocenters. The Morgan fingerprint density at radius 2 is 2.27 bits per heavy atom. The SMILES string of the molecule is Cc1ccc(CNC(=O)C2(N)CC2)c(OC2CCOC2)c1.Cl. The molecule has 1 aliphatic carbocycles. The van der Waals surface area contributed by atoms with Crippen molar-refractivity contribution in [1.29, 1.82) is 0 Å². The highest BCUT2D eigenvalue weighted by molar-refractivity contribution is 5.88. The van der Waals surface area contributed by atoms with Gasteiger partial charge in [0.25, 0.3) is 0 Å². The molecule has 1 atom stereocenters. The number of rotatable bonds is 5. The Morgan fingerprint density at radius 1 is 1.50 bits per heavy atom. The molecule has 1 aliphatic heterocycles. The lowest BCUT2D eigenvalue weighted by molar-refractivity contribution is -0.123. The van der Waals surface area contributed by atoms with Crippen LogP contribution in [0.3, 0.4) is 0 Å². The monoisotopic (exact) mass is 326 g/mol. The topological polar surface area (TPSA) is 73.6 Å². The molecule has 1 aromatic carbocycles. The lowest BCUT2D eigenvalue weighted by atomic mass is 10.1. The predicted octanol–water partition coefficient (Wildman–Crippen LogP) is 1.69. The van der Waals surface area contributed by atoms with Gasteiger partial charge in [-0.25, -0.2) is 0 Å². The van der Waals surface area contributed by atoms with Crippen LogP contribution >= 0.6 is 12.4 Å². The molecule has 1 aromatic rings. The molecular formula is C16H23ClN2O3. The summed E-state index contributed by atoms with van der Waals surface area (Å²) in [7, 11) is 0. The Hall–Kier alpha value is -1.30. The predicted molar refractivity (Wildman–Crippen MR) is 86.3 cm³/mol. The lowest BCUT2D eigenvalue weighted by Crippen LogP contribution is -2.42. The summed E-state index contributed by atoms with van der Waals surface area (Å²) in [6.07, 6.45) is 2.56. The number of amides is 1. The highest BCUT2D eigenvalue weighted by Crippen LogP contribution is 2.32. The van der Waals surface area contributed by atoms with E-state index in [4.69, 9.17) is 15.2 Å². The Morgan fingerprint density at radius 3 is 2.91 bits per heavy atom. The summed E-state index contributed by atoms with van der Waals surface area (Å²) < 4.78 is 11.4. The lowest BCUT2D eigenvalue weighted by Gasteiger charge is -2.17. The van der Waals surface area contributed by atoms with Gasteiger partial charge in [-0.2, -0.15) is 0 Å². The van der Waals surface area contributed by atoms with E-state index in [0.717, 1.165) is 42.7 Å². The first-order valence-corrected chi connectivity index (χ1v) is 7.48. The summed E-state index contributed by atoms with van der Waals surface area (Å²) in [6.45, 7) is 3.85. The van der Waals surface area contributed by atoms with Gasteiger partial charge in [-0.05, 0) is 31.4 Å². The van der Waals surface area contributed by atoms with Gasteiger partial charge in [0.05, 0.1) is 18.8 Å². The van der Waals surface area contributed by atoms with Gasteiger partial charge in [-0.3, -0.25) is 4.79 Å². The Balaban J connectivity index is 0.00000176. The van der Waals surface area contributed by atoms with Crippen LogP contribution in [0.4, 0.5) is 0 Å². The van der Waals surface area contributed by atoms with Gasteiger partial charge in [0.1, 0.15) is 11.9 Å².